The monoisotopic (exact) mass is 210 g/mol. The number of carbonyl (C=O) groups excluding carboxylic acids is 1. The maximum atomic E-state index is 11.5. The summed E-state index contributed by atoms with van der Waals surface area (Å²) in [5, 5.41) is 3.04. The minimum Gasteiger partial charge on any atom is -0.356 e. The third kappa shape index (κ3) is 3.49. The fourth-order valence-electron chi connectivity index (χ4n) is 2.39. The summed E-state index contributed by atoms with van der Waals surface area (Å²) in [6, 6.07) is 0.306. The standard InChI is InChI=1S/C12H22N2O/c13-11-4-2-1-3-10(11)8-14-12(15)7-9-5-6-9/h9-11H,1-8,13H2,(H,14,15). The molecule has 2 aliphatic carbocycles. The summed E-state index contributed by atoms with van der Waals surface area (Å²) in [5.74, 6) is 1.43. The van der Waals surface area contributed by atoms with Crippen molar-refractivity contribution in [3.63, 3.8) is 0 Å². The average Bonchev–Trinajstić information content (AvgIpc) is 3.00. The summed E-state index contributed by atoms with van der Waals surface area (Å²) in [7, 11) is 0. The summed E-state index contributed by atoms with van der Waals surface area (Å²) in [6.07, 6.45) is 8.08. The lowest BCUT2D eigenvalue weighted by atomic mass is 9.85. The van der Waals surface area contributed by atoms with Crippen LogP contribution in [0.2, 0.25) is 0 Å². The Morgan fingerprint density at radius 2 is 1.93 bits per heavy atom. The average molecular weight is 210 g/mol. The smallest absolute Gasteiger partial charge is 0.220 e. The summed E-state index contributed by atoms with van der Waals surface area (Å²) >= 11 is 0. The number of hydrogen-bond acceptors (Lipinski definition) is 2. The van der Waals surface area contributed by atoms with E-state index in [4.69, 9.17) is 5.73 Å². The molecule has 0 aromatic heterocycles. The first-order chi connectivity index (χ1) is 7.25. The predicted molar refractivity (Wildman–Crippen MR) is 60.3 cm³/mol. The van der Waals surface area contributed by atoms with Gasteiger partial charge in [0.25, 0.3) is 0 Å². The maximum absolute atomic E-state index is 11.5. The van der Waals surface area contributed by atoms with Crippen molar-refractivity contribution in [1.29, 1.82) is 0 Å². The van der Waals surface area contributed by atoms with Crippen molar-refractivity contribution >= 4 is 5.91 Å². The molecule has 2 aliphatic rings. The van der Waals surface area contributed by atoms with E-state index in [1.54, 1.807) is 0 Å². The summed E-state index contributed by atoms with van der Waals surface area (Å²) < 4.78 is 0. The number of nitrogens with one attached hydrogen (secondary N) is 1. The van der Waals surface area contributed by atoms with E-state index in [1.165, 1.54) is 32.1 Å². The van der Waals surface area contributed by atoms with Gasteiger partial charge in [-0.25, -0.2) is 0 Å². The third-order valence-electron chi connectivity index (χ3n) is 3.70. The van der Waals surface area contributed by atoms with E-state index >= 15 is 0 Å². The highest BCUT2D eigenvalue weighted by molar-refractivity contribution is 5.76. The van der Waals surface area contributed by atoms with E-state index in [0.717, 1.165) is 19.4 Å². The summed E-state index contributed by atoms with van der Waals surface area (Å²) in [4.78, 5) is 11.5. The van der Waals surface area contributed by atoms with Crippen LogP contribution in [0.25, 0.3) is 0 Å². The molecule has 2 unspecified atom stereocenters. The van der Waals surface area contributed by atoms with E-state index in [1.807, 2.05) is 0 Å². The maximum Gasteiger partial charge on any atom is 0.220 e. The normalized spacial score (nSPS) is 31.3. The van der Waals surface area contributed by atoms with Crippen LogP contribution >= 0.6 is 0 Å². The molecule has 0 heterocycles. The Kier molecular flexibility index (Phi) is 3.62. The number of nitrogens with two attached hydrogens (primary N) is 1. The molecule has 3 nitrogen and oxygen atoms in total. The molecule has 15 heavy (non-hydrogen) atoms. The lowest BCUT2D eigenvalue weighted by Gasteiger charge is -2.28. The Bertz CT molecular complexity index is 226. The van der Waals surface area contributed by atoms with Gasteiger partial charge in [-0.05, 0) is 37.5 Å². The molecule has 2 rings (SSSR count). The highest BCUT2D eigenvalue weighted by Gasteiger charge is 2.26. The highest BCUT2D eigenvalue weighted by atomic mass is 16.1. The van der Waals surface area contributed by atoms with Crippen molar-refractivity contribution in [2.24, 2.45) is 17.6 Å². The van der Waals surface area contributed by atoms with Gasteiger partial charge < -0.3 is 11.1 Å². The Hall–Kier alpha value is -0.570. The molecule has 2 fully saturated rings. The third-order valence-corrected chi connectivity index (χ3v) is 3.70. The van der Waals surface area contributed by atoms with Crippen LogP contribution in [0.3, 0.4) is 0 Å². The Morgan fingerprint density at radius 1 is 1.20 bits per heavy atom. The summed E-state index contributed by atoms with van der Waals surface area (Å²) in [5.41, 5.74) is 6.03. The molecule has 0 aromatic rings. The zero-order valence-corrected chi connectivity index (χ0v) is 9.37. The van der Waals surface area contributed by atoms with Gasteiger partial charge in [0.15, 0.2) is 0 Å². The van der Waals surface area contributed by atoms with Gasteiger partial charge in [-0.15, -0.1) is 0 Å². The van der Waals surface area contributed by atoms with Gasteiger partial charge in [-0.1, -0.05) is 12.8 Å². The second-order valence-electron chi connectivity index (χ2n) is 5.16. The van der Waals surface area contributed by atoms with Crippen molar-refractivity contribution in [3.05, 3.63) is 0 Å². The Labute approximate surface area is 91.8 Å². The molecule has 0 saturated heterocycles. The molecule has 3 N–H and O–H groups in total. The minimum absolute atomic E-state index is 0.232. The molecule has 0 spiro atoms. The first kappa shape index (κ1) is 10.9. The topological polar surface area (TPSA) is 55.1 Å². The second-order valence-corrected chi connectivity index (χ2v) is 5.16. The SMILES string of the molecule is NC1CCCCC1CNC(=O)CC1CC1. The largest absolute Gasteiger partial charge is 0.356 e. The van der Waals surface area contributed by atoms with Crippen molar-refractivity contribution in [1.82, 2.24) is 5.32 Å². The molecule has 0 bridgehead atoms. The fraction of sp³-hybridized carbons (Fsp3) is 0.917. The zero-order valence-electron chi connectivity index (χ0n) is 9.37. The van der Waals surface area contributed by atoms with Crippen LogP contribution in [-0.4, -0.2) is 18.5 Å². The van der Waals surface area contributed by atoms with Crippen LogP contribution in [0.5, 0.6) is 0 Å². The van der Waals surface area contributed by atoms with Gasteiger partial charge in [0.2, 0.25) is 5.91 Å². The molecule has 3 heteroatoms. The molecular weight excluding hydrogens is 188 g/mol. The summed E-state index contributed by atoms with van der Waals surface area (Å²) in [6.45, 7) is 0.798. The van der Waals surface area contributed by atoms with Gasteiger partial charge in [0.05, 0.1) is 0 Å². The van der Waals surface area contributed by atoms with E-state index < -0.39 is 0 Å². The van der Waals surface area contributed by atoms with Crippen molar-refractivity contribution < 1.29 is 4.79 Å². The number of amides is 1. The molecular formula is C12H22N2O. The molecule has 2 saturated carbocycles. The lowest BCUT2D eigenvalue weighted by molar-refractivity contribution is -0.121. The number of hydrogen-bond donors (Lipinski definition) is 2. The van der Waals surface area contributed by atoms with E-state index in [-0.39, 0.29) is 5.91 Å². The van der Waals surface area contributed by atoms with Gasteiger partial charge in [0.1, 0.15) is 0 Å². The van der Waals surface area contributed by atoms with Crippen LogP contribution < -0.4 is 11.1 Å². The highest BCUT2D eigenvalue weighted by Crippen LogP contribution is 2.32. The van der Waals surface area contributed by atoms with Gasteiger partial charge in [-0.3, -0.25) is 4.79 Å². The lowest BCUT2D eigenvalue weighted by Crippen LogP contribution is -2.41. The molecule has 0 aliphatic heterocycles. The first-order valence-electron chi connectivity index (χ1n) is 6.28. The van der Waals surface area contributed by atoms with E-state index in [0.29, 0.717) is 17.9 Å². The zero-order chi connectivity index (χ0) is 10.7. The predicted octanol–water partition coefficient (Wildman–Crippen LogP) is 1.42. The van der Waals surface area contributed by atoms with Crippen molar-refractivity contribution in [2.75, 3.05) is 6.54 Å². The molecule has 2 atom stereocenters. The van der Waals surface area contributed by atoms with E-state index in [2.05, 4.69) is 5.32 Å². The Morgan fingerprint density at radius 3 is 2.60 bits per heavy atom. The van der Waals surface area contributed by atoms with Crippen LogP contribution in [0.4, 0.5) is 0 Å². The Balaban J connectivity index is 1.64. The number of carbonyl (C=O) groups is 1. The van der Waals surface area contributed by atoms with E-state index in [9.17, 15) is 4.79 Å². The fourth-order valence-corrected chi connectivity index (χ4v) is 2.39. The molecule has 0 radical (unpaired) electrons. The molecule has 0 aromatic carbocycles. The molecule has 86 valence electrons. The van der Waals surface area contributed by atoms with Crippen LogP contribution in [-0.2, 0) is 4.79 Å². The van der Waals surface area contributed by atoms with Crippen LogP contribution in [0.1, 0.15) is 44.9 Å². The van der Waals surface area contributed by atoms with Crippen molar-refractivity contribution in [2.45, 2.75) is 51.0 Å². The van der Waals surface area contributed by atoms with Crippen molar-refractivity contribution in [3.8, 4) is 0 Å². The van der Waals surface area contributed by atoms with Gasteiger partial charge >= 0.3 is 0 Å². The van der Waals surface area contributed by atoms with Crippen LogP contribution in [0, 0.1) is 11.8 Å². The number of rotatable bonds is 4. The van der Waals surface area contributed by atoms with Gasteiger partial charge in [-0.2, -0.15) is 0 Å². The quantitative estimate of drug-likeness (QED) is 0.737. The van der Waals surface area contributed by atoms with Crippen LogP contribution in [0.15, 0.2) is 0 Å². The first-order valence-corrected chi connectivity index (χ1v) is 6.28. The molecule has 1 amide bonds. The van der Waals surface area contributed by atoms with Gasteiger partial charge in [0, 0.05) is 19.0 Å². The minimum atomic E-state index is 0.232. The second kappa shape index (κ2) is 4.97.